The minimum atomic E-state index is -1.25. The summed E-state index contributed by atoms with van der Waals surface area (Å²) in [5.74, 6) is -0.606. The highest BCUT2D eigenvalue weighted by molar-refractivity contribution is 5.66. The summed E-state index contributed by atoms with van der Waals surface area (Å²) in [4.78, 5) is 26.4. The number of anilines is 1. The van der Waals surface area contributed by atoms with Crippen molar-refractivity contribution >= 4 is 11.8 Å². The fraction of sp³-hybridized carbons (Fsp3) is 0.545. The Hall–Kier alpha value is -1.97. The number of aliphatic hydroxyl groups is 2. The highest BCUT2D eigenvalue weighted by Gasteiger charge is 2.47. The number of hydrogen-bond acceptors (Lipinski definition) is 8. The first-order valence-electron chi connectivity index (χ1n) is 5.90. The predicted octanol–water partition coefficient (Wildman–Crippen LogP) is -1.99. The number of carbonyl (C=O) groups excluding carboxylic acids is 1. The van der Waals surface area contributed by atoms with Gasteiger partial charge in [-0.15, -0.1) is 0 Å². The van der Waals surface area contributed by atoms with Crippen LogP contribution in [-0.4, -0.2) is 50.7 Å². The lowest BCUT2D eigenvalue weighted by Gasteiger charge is -2.21. The van der Waals surface area contributed by atoms with E-state index < -0.39 is 42.8 Å². The molecule has 0 saturated carbocycles. The molecule has 4 N–H and O–H groups in total. The van der Waals surface area contributed by atoms with E-state index in [9.17, 15) is 14.7 Å². The first kappa shape index (κ1) is 14.4. The Morgan fingerprint density at radius 1 is 1.65 bits per heavy atom. The molecule has 1 aromatic heterocycles. The summed E-state index contributed by atoms with van der Waals surface area (Å²) in [6.45, 7) is 0.687. The third kappa shape index (κ3) is 2.64. The van der Waals surface area contributed by atoms with Crippen molar-refractivity contribution in [2.75, 3.05) is 12.3 Å². The Kier molecular flexibility index (Phi) is 4.02. The molecule has 0 unspecified atom stereocenters. The highest BCUT2D eigenvalue weighted by Crippen LogP contribution is 2.30. The van der Waals surface area contributed by atoms with Crippen LogP contribution in [0.1, 0.15) is 13.2 Å². The van der Waals surface area contributed by atoms with Crippen LogP contribution in [0.2, 0.25) is 0 Å². The molecule has 1 aromatic rings. The smallest absolute Gasteiger partial charge is 0.351 e. The second-order valence-corrected chi connectivity index (χ2v) is 4.35. The van der Waals surface area contributed by atoms with E-state index >= 15 is 0 Å². The molecule has 1 aliphatic heterocycles. The number of esters is 1. The number of carbonyl (C=O) groups is 1. The molecule has 0 amide bonds. The van der Waals surface area contributed by atoms with Gasteiger partial charge in [-0.1, -0.05) is 0 Å². The Bertz CT molecular complexity index is 559. The van der Waals surface area contributed by atoms with Gasteiger partial charge in [-0.3, -0.25) is 9.36 Å². The Labute approximate surface area is 113 Å². The van der Waals surface area contributed by atoms with Crippen molar-refractivity contribution in [1.82, 2.24) is 9.55 Å². The second-order valence-electron chi connectivity index (χ2n) is 4.35. The SMILES string of the molecule is CC(=O)O[C@H]1[C@H](O)[C@@H](CO)O[C@H]1n1ccc(N)nc1=O. The normalized spacial score (nSPS) is 29.4. The zero-order valence-corrected chi connectivity index (χ0v) is 10.7. The molecular formula is C11H15N3O6. The zero-order valence-electron chi connectivity index (χ0n) is 10.7. The van der Waals surface area contributed by atoms with Gasteiger partial charge in [0.05, 0.1) is 6.61 Å². The fourth-order valence-electron chi connectivity index (χ4n) is 2.03. The van der Waals surface area contributed by atoms with Crippen molar-refractivity contribution in [1.29, 1.82) is 0 Å². The van der Waals surface area contributed by atoms with Gasteiger partial charge < -0.3 is 25.4 Å². The summed E-state index contributed by atoms with van der Waals surface area (Å²) >= 11 is 0. The molecular weight excluding hydrogens is 270 g/mol. The molecule has 2 rings (SSSR count). The van der Waals surface area contributed by atoms with Crippen LogP contribution in [-0.2, 0) is 14.3 Å². The first-order valence-corrected chi connectivity index (χ1v) is 5.90. The van der Waals surface area contributed by atoms with Gasteiger partial charge in [-0.25, -0.2) is 4.79 Å². The Balaban J connectivity index is 2.36. The number of aromatic nitrogens is 2. The van der Waals surface area contributed by atoms with E-state index in [0.717, 1.165) is 4.57 Å². The van der Waals surface area contributed by atoms with Crippen molar-refractivity contribution in [3.63, 3.8) is 0 Å². The minimum absolute atomic E-state index is 0.0348. The van der Waals surface area contributed by atoms with Gasteiger partial charge in [-0.05, 0) is 6.07 Å². The van der Waals surface area contributed by atoms with Crippen LogP contribution in [0, 0.1) is 0 Å². The summed E-state index contributed by atoms with van der Waals surface area (Å²) in [6.07, 6.45) is -3.09. The maximum absolute atomic E-state index is 11.8. The molecule has 4 atom stereocenters. The third-order valence-electron chi connectivity index (χ3n) is 2.92. The van der Waals surface area contributed by atoms with Crippen LogP contribution >= 0.6 is 0 Å². The van der Waals surface area contributed by atoms with Crippen LogP contribution in [0.5, 0.6) is 0 Å². The van der Waals surface area contributed by atoms with Crippen molar-refractivity contribution in [3.8, 4) is 0 Å². The summed E-state index contributed by atoms with van der Waals surface area (Å²) < 4.78 is 11.4. The van der Waals surface area contributed by atoms with E-state index in [1.54, 1.807) is 0 Å². The second kappa shape index (κ2) is 5.57. The molecule has 0 spiro atoms. The molecule has 110 valence electrons. The molecule has 1 aliphatic rings. The van der Waals surface area contributed by atoms with E-state index in [2.05, 4.69) is 4.98 Å². The molecule has 9 nitrogen and oxygen atoms in total. The van der Waals surface area contributed by atoms with Crippen LogP contribution in [0.3, 0.4) is 0 Å². The lowest BCUT2D eigenvalue weighted by molar-refractivity contribution is -0.156. The lowest BCUT2D eigenvalue weighted by atomic mass is 10.1. The largest absolute Gasteiger partial charge is 0.455 e. The molecule has 0 aromatic carbocycles. The van der Waals surface area contributed by atoms with Crippen molar-refractivity contribution < 1.29 is 24.5 Å². The summed E-state index contributed by atoms with van der Waals surface area (Å²) in [5.41, 5.74) is 4.67. The summed E-state index contributed by atoms with van der Waals surface area (Å²) in [7, 11) is 0. The van der Waals surface area contributed by atoms with Gasteiger partial charge in [0.2, 0.25) is 0 Å². The number of hydrogen-bond donors (Lipinski definition) is 3. The zero-order chi connectivity index (χ0) is 14.9. The monoisotopic (exact) mass is 285 g/mol. The van der Waals surface area contributed by atoms with Gasteiger partial charge in [0.1, 0.15) is 18.0 Å². The quantitative estimate of drug-likeness (QED) is 0.543. The van der Waals surface area contributed by atoms with E-state index in [0.29, 0.717) is 0 Å². The minimum Gasteiger partial charge on any atom is -0.455 e. The van der Waals surface area contributed by atoms with Crippen molar-refractivity contribution in [2.45, 2.75) is 31.5 Å². The maximum Gasteiger partial charge on any atom is 0.351 e. The average Bonchev–Trinajstić information content (AvgIpc) is 2.66. The average molecular weight is 285 g/mol. The molecule has 2 heterocycles. The number of rotatable bonds is 3. The highest BCUT2D eigenvalue weighted by atomic mass is 16.6. The molecule has 20 heavy (non-hydrogen) atoms. The van der Waals surface area contributed by atoms with E-state index in [4.69, 9.17) is 20.3 Å². The summed E-state index contributed by atoms with van der Waals surface area (Å²) in [6, 6.07) is 1.37. The van der Waals surface area contributed by atoms with Crippen LogP contribution in [0.4, 0.5) is 5.82 Å². The van der Waals surface area contributed by atoms with Gasteiger partial charge >= 0.3 is 11.7 Å². The number of nitrogen functional groups attached to an aromatic ring is 1. The van der Waals surface area contributed by atoms with Crippen molar-refractivity contribution in [3.05, 3.63) is 22.7 Å². The molecule has 1 fully saturated rings. The third-order valence-corrected chi connectivity index (χ3v) is 2.92. The number of ether oxygens (including phenoxy) is 2. The predicted molar refractivity (Wildman–Crippen MR) is 65.5 cm³/mol. The Morgan fingerprint density at radius 3 is 2.90 bits per heavy atom. The van der Waals surface area contributed by atoms with Crippen LogP contribution < -0.4 is 11.4 Å². The Morgan fingerprint density at radius 2 is 2.35 bits per heavy atom. The van der Waals surface area contributed by atoms with E-state index in [1.807, 2.05) is 0 Å². The van der Waals surface area contributed by atoms with Gasteiger partial charge in [0, 0.05) is 13.1 Å². The van der Waals surface area contributed by atoms with Gasteiger partial charge in [-0.2, -0.15) is 4.98 Å². The van der Waals surface area contributed by atoms with Gasteiger partial charge in [0.15, 0.2) is 12.3 Å². The summed E-state index contributed by atoms with van der Waals surface area (Å²) in [5, 5.41) is 19.1. The lowest BCUT2D eigenvalue weighted by Crippen LogP contribution is -2.39. The van der Waals surface area contributed by atoms with E-state index in [1.165, 1.54) is 19.2 Å². The van der Waals surface area contributed by atoms with Crippen LogP contribution in [0.15, 0.2) is 17.1 Å². The molecule has 0 bridgehead atoms. The van der Waals surface area contributed by atoms with Crippen molar-refractivity contribution in [2.24, 2.45) is 0 Å². The number of nitrogens with zero attached hydrogens (tertiary/aromatic N) is 2. The first-order chi connectivity index (χ1) is 9.43. The number of nitrogens with two attached hydrogens (primary N) is 1. The van der Waals surface area contributed by atoms with Crippen LogP contribution in [0.25, 0.3) is 0 Å². The van der Waals surface area contributed by atoms with E-state index in [-0.39, 0.29) is 5.82 Å². The molecule has 1 saturated heterocycles. The molecule has 9 heteroatoms. The fourth-order valence-corrected chi connectivity index (χ4v) is 2.03. The molecule has 0 radical (unpaired) electrons. The topological polar surface area (TPSA) is 137 Å². The van der Waals surface area contributed by atoms with Gasteiger partial charge in [0.25, 0.3) is 0 Å². The standard InChI is InChI=1S/C11H15N3O6/c1-5(16)19-9-8(17)6(4-15)20-10(9)14-3-2-7(12)13-11(14)18/h2-3,6,8-10,15,17H,4H2,1H3,(H2,12,13,18)/t6-,8-,9+,10-/m1/s1. The maximum atomic E-state index is 11.8. The number of aliphatic hydroxyl groups excluding tert-OH is 2. The molecule has 0 aliphatic carbocycles.